The molecule has 5 nitrogen and oxygen atoms in total. The van der Waals surface area contributed by atoms with Gasteiger partial charge in [0.1, 0.15) is 11.4 Å². The van der Waals surface area contributed by atoms with E-state index in [2.05, 4.69) is 26.1 Å². The number of amides is 1. The minimum absolute atomic E-state index is 0.0353. The van der Waals surface area contributed by atoms with Crippen molar-refractivity contribution in [3.63, 3.8) is 0 Å². The highest BCUT2D eigenvalue weighted by molar-refractivity contribution is 6.02. The van der Waals surface area contributed by atoms with Crippen LogP contribution in [0.5, 0.6) is 5.75 Å². The molecule has 1 aliphatic heterocycles. The largest absolute Gasteiger partial charge is 0.493 e. The third kappa shape index (κ3) is 4.14. The van der Waals surface area contributed by atoms with E-state index in [0.29, 0.717) is 31.2 Å². The zero-order chi connectivity index (χ0) is 20.1. The number of nitrogens with one attached hydrogen (secondary N) is 1. The Bertz CT molecular complexity index is 804. The number of carbonyl (C=O) groups excluding carboxylic acids is 1. The summed E-state index contributed by atoms with van der Waals surface area (Å²) in [4.78, 5) is 15.2. The molecule has 1 unspecified atom stereocenters. The van der Waals surface area contributed by atoms with E-state index < -0.39 is 5.66 Å². The zero-order valence-electron chi connectivity index (χ0n) is 17.2. The summed E-state index contributed by atoms with van der Waals surface area (Å²) in [5.41, 5.74) is 1.94. The van der Waals surface area contributed by atoms with Crippen LogP contribution >= 0.6 is 0 Å². The van der Waals surface area contributed by atoms with Crippen LogP contribution in [0.1, 0.15) is 43.1 Å². The molecule has 0 aromatic heterocycles. The lowest BCUT2D eigenvalue weighted by Crippen LogP contribution is -2.56. The Labute approximate surface area is 167 Å². The number of methoxy groups -OCH3 is 1. The number of benzene rings is 2. The molecule has 1 aliphatic rings. The van der Waals surface area contributed by atoms with E-state index in [1.165, 1.54) is 0 Å². The maximum atomic E-state index is 13.3. The van der Waals surface area contributed by atoms with Gasteiger partial charge >= 0.3 is 0 Å². The molecule has 0 aliphatic carbocycles. The number of carbonyl (C=O) groups is 1. The lowest BCUT2D eigenvalue weighted by molar-refractivity contribution is 0.0504. The fourth-order valence-electron chi connectivity index (χ4n) is 3.52. The zero-order valence-corrected chi connectivity index (χ0v) is 17.2. The van der Waals surface area contributed by atoms with E-state index in [1.54, 1.807) is 7.11 Å². The summed E-state index contributed by atoms with van der Waals surface area (Å²) in [5, 5.41) is 3.59. The Morgan fingerprint density at radius 3 is 2.50 bits per heavy atom. The van der Waals surface area contributed by atoms with Gasteiger partial charge in [0.05, 0.1) is 12.2 Å². The van der Waals surface area contributed by atoms with Crippen molar-refractivity contribution in [2.45, 2.75) is 32.9 Å². The normalized spacial score (nSPS) is 18.8. The van der Waals surface area contributed by atoms with Crippen LogP contribution in [0.4, 0.5) is 5.69 Å². The van der Waals surface area contributed by atoms with Gasteiger partial charge in [0.15, 0.2) is 0 Å². The first-order valence-electron chi connectivity index (χ1n) is 9.87. The minimum Gasteiger partial charge on any atom is -0.493 e. The van der Waals surface area contributed by atoms with Gasteiger partial charge in [0.25, 0.3) is 5.91 Å². The standard InChI is InChI=1S/C23H30N2O3/c1-17(2)16-28-19-12-10-18(11-13-19)23(3)24-21-9-6-5-8-20(21)22(26)25(23)14-7-15-27-4/h5-6,8-13,17,24H,7,14-16H2,1-4H3. The molecule has 0 spiro atoms. The van der Waals surface area contributed by atoms with Crippen molar-refractivity contribution < 1.29 is 14.3 Å². The third-order valence-corrected chi connectivity index (χ3v) is 5.05. The smallest absolute Gasteiger partial charge is 0.258 e. The van der Waals surface area contributed by atoms with Crippen LogP contribution in [0.2, 0.25) is 0 Å². The molecular formula is C23H30N2O3. The fraction of sp³-hybridized carbons (Fsp3) is 0.435. The van der Waals surface area contributed by atoms with Gasteiger partial charge in [0, 0.05) is 25.9 Å². The molecule has 2 aromatic rings. The van der Waals surface area contributed by atoms with Gasteiger partial charge in [-0.1, -0.05) is 38.1 Å². The molecule has 150 valence electrons. The second-order valence-corrected chi connectivity index (χ2v) is 7.78. The highest BCUT2D eigenvalue weighted by atomic mass is 16.5. The van der Waals surface area contributed by atoms with E-state index >= 15 is 0 Å². The van der Waals surface area contributed by atoms with Crippen LogP contribution in [0.3, 0.4) is 0 Å². The Kier molecular flexibility index (Phi) is 6.25. The molecule has 28 heavy (non-hydrogen) atoms. The van der Waals surface area contributed by atoms with E-state index in [9.17, 15) is 4.79 Å². The van der Waals surface area contributed by atoms with Crippen LogP contribution in [-0.4, -0.2) is 37.7 Å². The molecule has 3 rings (SSSR count). The lowest BCUT2D eigenvalue weighted by Gasteiger charge is -2.47. The number of nitrogens with zero attached hydrogens (tertiary/aromatic N) is 1. The number of hydrogen-bond donors (Lipinski definition) is 1. The average molecular weight is 383 g/mol. The Morgan fingerprint density at radius 1 is 1.11 bits per heavy atom. The molecule has 1 atom stereocenters. The van der Waals surface area contributed by atoms with Crippen molar-refractivity contribution in [3.8, 4) is 5.75 Å². The Balaban J connectivity index is 1.91. The second-order valence-electron chi connectivity index (χ2n) is 7.78. The van der Waals surface area contributed by atoms with Crippen molar-refractivity contribution >= 4 is 11.6 Å². The van der Waals surface area contributed by atoms with E-state index in [1.807, 2.05) is 53.4 Å². The first-order chi connectivity index (χ1) is 13.5. The van der Waals surface area contributed by atoms with Gasteiger partial charge in [-0.3, -0.25) is 4.79 Å². The first kappa shape index (κ1) is 20.2. The van der Waals surface area contributed by atoms with E-state index in [0.717, 1.165) is 23.4 Å². The van der Waals surface area contributed by atoms with Gasteiger partial charge in [-0.05, 0) is 49.1 Å². The molecule has 1 amide bonds. The SMILES string of the molecule is COCCCN1C(=O)c2ccccc2NC1(C)c1ccc(OCC(C)C)cc1. The molecule has 0 fully saturated rings. The number of hydrogen-bond acceptors (Lipinski definition) is 4. The maximum absolute atomic E-state index is 13.3. The lowest BCUT2D eigenvalue weighted by atomic mass is 9.93. The van der Waals surface area contributed by atoms with Crippen LogP contribution in [0.25, 0.3) is 0 Å². The topological polar surface area (TPSA) is 50.8 Å². The molecule has 0 saturated carbocycles. The van der Waals surface area contributed by atoms with Gasteiger partial charge in [0.2, 0.25) is 0 Å². The fourth-order valence-corrected chi connectivity index (χ4v) is 3.52. The van der Waals surface area contributed by atoms with Crippen molar-refractivity contribution in [1.82, 2.24) is 4.90 Å². The second kappa shape index (κ2) is 8.65. The van der Waals surface area contributed by atoms with Gasteiger partial charge in [-0.25, -0.2) is 0 Å². The Hall–Kier alpha value is -2.53. The van der Waals surface area contributed by atoms with Crippen molar-refractivity contribution in [2.75, 3.05) is 32.2 Å². The van der Waals surface area contributed by atoms with Gasteiger partial charge in [-0.2, -0.15) is 0 Å². The molecule has 1 heterocycles. The highest BCUT2D eigenvalue weighted by Crippen LogP contribution is 2.38. The van der Waals surface area contributed by atoms with Crippen LogP contribution in [0, 0.1) is 5.92 Å². The third-order valence-electron chi connectivity index (χ3n) is 5.05. The number of rotatable bonds is 8. The molecule has 0 saturated heterocycles. The monoisotopic (exact) mass is 382 g/mol. The van der Waals surface area contributed by atoms with Crippen LogP contribution in [0.15, 0.2) is 48.5 Å². The minimum atomic E-state index is -0.643. The average Bonchev–Trinajstić information content (AvgIpc) is 2.69. The van der Waals surface area contributed by atoms with Crippen LogP contribution < -0.4 is 10.1 Å². The quantitative estimate of drug-likeness (QED) is 0.683. The Morgan fingerprint density at radius 2 is 1.82 bits per heavy atom. The molecule has 1 N–H and O–H groups in total. The number of ether oxygens (including phenoxy) is 2. The summed E-state index contributed by atoms with van der Waals surface area (Å²) < 4.78 is 11.0. The highest BCUT2D eigenvalue weighted by Gasteiger charge is 2.42. The predicted octanol–water partition coefficient (Wildman–Crippen LogP) is 4.50. The van der Waals surface area contributed by atoms with Gasteiger partial charge < -0.3 is 19.7 Å². The molecule has 0 bridgehead atoms. The maximum Gasteiger partial charge on any atom is 0.258 e. The first-order valence-corrected chi connectivity index (χ1v) is 9.87. The number of fused-ring (bicyclic) bond motifs is 1. The summed E-state index contributed by atoms with van der Waals surface area (Å²) in [6.07, 6.45) is 0.775. The van der Waals surface area contributed by atoms with Crippen molar-refractivity contribution in [3.05, 3.63) is 59.7 Å². The van der Waals surface area contributed by atoms with E-state index in [4.69, 9.17) is 9.47 Å². The summed E-state index contributed by atoms with van der Waals surface area (Å²) >= 11 is 0. The predicted molar refractivity (Wildman–Crippen MR) is 112 cm³/mol. The number of anilines is 1. The molecule has 2 aromatic carbocycles. The van der Waals surface area contributed by atoms with E-state index in [-0.39, 0.29) is 5.91 Å². The van der Waals surface area contributed by atoms with Gasteiger partial charge in [-0.15, -0.1) is 0 Å². The summed E-state index contributed by atoms with van der Waals surface area (Å²) in [6, 6.07) is 15.7. The summed E-state index contributed by atoms with van der Waals surface area (Å²) in [5.74, 6) is 1.35. The number of para-hydroxylation sites is 1. The summed E-state index contributed by atoms with van der Waals surface area (Å²) in [6.45, 7) is 8.21. The van der Waals surface area contributed by atoms with Crippen molar-refractivity contribution in [2.24, 2.45) is 5.92 Å². The summed E-state index contributed by atoms with van der Waals surface area (Å²) in [7, 11) is 1.68. The molecule has 0 radical (unpaired) electrons. The molecular weight excluding hydrogens is 352 g/mol. The molecule has 5 heteroatoms. The van der Waals surface area contributed by atoms with Crippen LogP contribution in [-0.2, 0) is 10.4 Å². The van der Waals surface area contributed by atoms with Crippen molar-refractivity contribution in [1.29, 1.82) is 0 Å².